The summed E-state index contributed by atoms with van der Waals surface area (Å²) < 4.78 is 1.32. The van der Waals surface area contributed by atoms with E-state index in [1.54, 1.807) is 12.1 Å². The molecule has 0 atom stereocenters. The third-order valence-electron chi connectivity index (χ3n) is 5.18. The lowest BCUT2D eigenvalue weighted by Crippen LogP contribution is -2.28. The minimum atomic E-state index is -0.308. The average Bonchev–Trinajstić information content (AvgIpc) is 3.21. The largest absolute Gasteiger partial charge is 0.338 e. The second-order valence-corrected chi connectivity index (χ2v) is 7.38. The maximum Gasteiger partial charge on any atom is 0.261 e. The first-order chi connectivity index (χ1) is 15.1. The Morgan fingerprint density at radius 1 is 1.06 bits per heavy atom. The highest BCUT2D eigenvalue weighted by Gasteiger charge is 2.11. The first kappa shape index (κ1) is 18.7. The number of imidazole rings is 1. The molecule has 0 spiro atoms. The van der Waals surface area contributed by atoms with E-state index in [1.807, 2.05) is 61.5 Å². The molecular formula is C24H19N5O2. The number of H-pyrrole nitrogens is 1. The number of aromatic nitrogens is 4. The van der Waals surface area contributed by atoms with Crippen LogP contribution in [0.1, 0.15) is 5.56 Å². The molecule has 0 fully saturated rings. The normalized spacial score (nSPS) is 11.1. The standard InChI is InChI=1S/C24H19N5O2/c1-15-6-4-9-18-22(15)25-14-29(24(18)31)13-21(30)26-17-8-5-7-16(12-17)23-27-19-10-2-3-11-20(19)28-23/h2-12,14H,13H2,1H3,(H,26,30)(H,27,28). The van der Waals surface area contributed by atoms with Crippen molar-refractivity contribution in [1.29, 1.82) is 0 Å². The lowest BCUT2D eigenvalue weighted by molar-refractivity contribution is -0.116. The van der Waals surface area contributed by atoms with Crippen LogP contribution in [0.25, 0.3) is 33.3 Å². The van der Waals surface area contributed by atoms with E-state index in [-0.39, 0.29) is 18.0 Å². The minimum absolute atomic E-state index is 0.120. The molecule has 0 bridgehead atoms. The molecule has 2 N–H and O–H groups in total. The first-order valence-corrected chi connectivity index (χ1v) is 9.88. The highest BCUT2D eigenvalue weighted by atomic mass is 16.2. The zero-order valence-electron chi connectivity index (χ0n) is 16.8. The summed E-state index contributed by atoms with van der Waals surface area (Å²) in [4.78, 5) is 37.6. The van der Waals surface area contributed by atoms with E-state index in [4.69, 9.17) is 0 Å². The van der Waals surface area contributed by atoms with Gasteiger partial charge in [-0.05, 0) is 42.8 Å². The van der Waals surface area contributed by atoms with Crippen LogP contribution >= 0.6 is 0 Å². The molecule has 31 heavy (non-hydrogen) atoms. The van der Waals surface area contributed by atoms with Gasteiger partial charge in [0.15, 0.2) is 0 Å². The lowest BCUT2D eigenvalue weighted by Gasteiger charge is -2.09. The summed E-state index contributed by atoms with van der Waals surface area (Å²) in [6.07, 6.45) is 1.42. The fourth-order valence-corrected chi connectivity index (χ4v) is 3.64. The van der Waals surface area contributed by atoms with Gasteiger partial charge in [-0.2, -0.15) is 0 Å². The van der Waals surface area contributed by atoms with Crippen LogP contribution in [0.4, 0.5) is 5.69 Å². The molecule has 1 amide bonds. The fourth-order valence-electron chi connectivity index (χ4n) is 3.64. The number of fused-ring (bicyclic) bond motifs is 2. The van der Waals surface area contributed by atoms with Crippen LogP contribution in [0, 0.1) is 6.92 Å². The second-order valence-electron chi connectivity index (χ2n) is 7.38. The van der Waals surface area contributed by atoms with Gasteiger partial charge < -0.3 is 10.3 Å². The monoisotopic (exact) mass is 409 g/mol. The summed E-state index contributed by atoms with van der Waals surface area (Å²) in [5, 5.41) is 3.35. The van der Waals surface area contributed by atoms with Crippen LogP contribution in [0.2, 0.25) is 0 Å². The van der Waals surface area contributed by atoms with E-state index in [1.165, 1.54) is 10.9 Å². The molecule has 5 aromatic rings. The van der Waals surface area contributed by atoms with E-state index in [9.17, 15) is 9.59 Å². The maximum atomic E-state index is 12.7. The van der Waals surface area contributed by atoms with E-state index in [2.05, 4.69) is 20.3 Å². The number of nitrogens with zero attached hydrogens (tertiary/aromatic N) is 3. The van der Waals surface area contributed by atoms with Gasteiger partial charge in [0.2, 0.25) is 5.91 Å². The second kappa shape index (κ2) is 7.53. The number of nitrogens with one attached hydrogen (secondary N) is 2. The summed E-state index contributed by atoms with van der Waals surface area (Å²) in [7, 11) is 0. The van der Waals surface area contributed by atoms with Crippen molar-refractivity contribution in [3.05, 3.63) is 89.0 Å². The van der Waals surface area contributed by atoms with Gasteiger partial charge in [-0.1, -0.05) is 36.4 Å². The number of aryl methyl sites for hydroxylation is 1. The number of para-hydroxylation sites is 3. The third-order valence-corrected chi connectivity index (χ3v) is 5.18. The summed E-state index contributed by atoms with van der Waals surface area (Å²) in [5.41, 5.74) is 4.65. The summed E-state index contributed by atoms with van der Waals surface area (Å²) >= 11 is 0. The zero-order valence-corrected chi connectivity index (χ0v) is 16.8. The predicted molar refractivity (Wildman–Crippen MR) is 121 cm³/mol. The summed E-state index contributed by atoms with van der Waals surface area (Å²) in [6.45, 7) is 1.78. The van der Waals surface area contributed by atoms with Crippen LogP contribution in [0.5, 0.6) is 0 Å². The highest BCUT2D eigenvalue weighted by molar-refractivity contribution is 5.91. The van der Waals surface area contributed by atoms with Crippen molar-refractivity contribution in [2.45, 2.75) is 13.5 Å². The first-order valence-electron chi connectivity index (χ1n) is 9.88. The number of anilines is 1. The molecule has 2 heterocycles. The smallest absolute Gasteiger partial charge is 0.261 e. The number of amides is 1. The number of benzene rings is 3. The predicted octanol–water partition coefficient (Wildman–Crippen LogP) is 3.89. The quantitative estimate of drug-likeness (QED) is 0.471. The van der Waals surface area contributed by atoms with E-state index >= 15 is 0 Å². The molecule has 0 aliphatic rings. The van der Waals surface area contributed by atoms with E-state index in [0.717, 1.165) is 28.0 Å². The molecule has 5 rings (SSSR count). The zero-order chi connectivity index (χ0) is 21.4. The summed E-state index contributed by atoms with van der Waals surface area (Å²) in [5.74, 6) is 0.417. The molecule has 0 saturated heterocycles. The fraction of sp³-hybridized carbons (Fsp3) is 0.0833. The third kappa shape index (κ3) is 3.57. The van der Waals surface area contributed by atoms with Gasteiger partial charge in [0.1, 0.15) is 12.4 Å². The van der Waals surface area contributed by atoms with E-state index < -0.39 is 0 Å². The van der Waals surface area contributed by atoms with Crippen LogP contribution in [0.15, 0.2) is 77.9 Å². The number of carbonyl (C=O) groups excluding carboxylic acids is 1. The number of aromatic amines is 1. The Hall–Kier alpha value is -4.26. The Bertz CT molecular complexity index is 1470. The van der Waals surface area contributed by atoms with Gasteiger partial charge in [0, 0.05) is 11.3 Å². The van der Waals surface area contributed by atoms with Gasteiger partial charge >= 0.3 is 0 Å². The van der Waals surface area contributed by atoms with Crippen molar-refractivity contribution in [2.24, 2.45) is 0 Å². The highest BCUT2D eigenvalue weighted by Crippen LogP contribution is 2.23. The maximum absolute atomic E-state index is 12.7. The lowest BCUT2D eigenvalue weighted by atomic mass is 10.1. The molecule has 7 nitrogen and oxygen atoms in total. The molecule has 0 unspecified atom stereocenters. The molecule has 0 saturated carbocycles. The Balaban J connectivity index is 1.37. The summed E-state index contributed by atoms with van der Waals surface area (Å²) in [6, 6.07) is 20.7. The number of hydrogen-bond donors (Lipinski definition) is 2. The van der Waals surface area contributed by atoms with Crippen LogP contribution < -0.4 is 10.9 Å². The Morgan fingerprint density at radius 3 is 2.77 bits per heavy atom. The van der Waals surface area contributed by atoms with Gasteiger partial charge in [0.05, 0.1) is 28.3 Å². The van der Waals surface area contributed by atoms with Gasteiger partial charge in [0.25, 0.3) is 5.56 Å². The van der Waals surface area contributed by atoms with Crippen LogP contribution in [-0.2, 0) is 11.3 Å². The number of rotatable bonds is 4. The molecule has 7 heteroatoms. The molecular weight excluding hydrogens is 390 g/mol. The van der Waals surface area contributed by atoms with E-state index in [0.29, 0.717) is 16.6 Å². The Morgan fingerprint density at radius 2 is 1.90 bits per heavy atom. The Kier molecular flexibility index (Phi) is 4.55. The molecule has 152 valence electrons. The number of carbonyl (C=O) groups is 1. The van der Waals surface area contributed by atoms with Crippen LogP contribution in [-0.4, -0.2) is 25.4 Å². The van der Waals surface area contributed by atoms with Crippen molar-refractivity contribution in [3.8, 4) is 11.4 Å². The average molecular weight is 409 g/mol. The minimum Gasteiger partial charge on any atom is -0.338 e. The Labute approximate surface area is 177 Å². The molecule has 0 radical (unpaired) electrons. The van der Waals surface area contributed by atoms with Crippen molar-refractivity contribution < 1.29 is 4.79 Å². The van der Waals surface area contributed by atoms with Crippen molar-refractivity contribution in [1.82, 2.24) is 19.5 Å². The SMILES string of the molecule is Cc1cccc2c(=O)n(CC(=O)Nc3cccc(-c4nc5ccccc5[nH]4)c3)cnc12. The van der Waals surface area contributed by atoms with Gasteiger partial charge in [-0.15, -0.1) is 0 Å². The van der Waals surface area contributed by atoms with Crippen molar-refractivity contribution in [2.75, 3.05) is 5.32 Å². The van der Waals surface area contributed by atoms with Crippen molar-refractivity contribution in [3.63, 3.8) is 0 Å². The van der Waals surface area contributed by atoms with Gasteiger partial charge in [-0.3, -0.25) is 14.2 Å². The van der Waals surface area contributed by atoms with Gasteiger partial charge in [-0.25, -0.2) is 9.97 Å². The number of hydrogen-bond acceptors (Lipinski definition) is 4. The molecule has 0 aliphatic heterocycles. The van der Waals surface area contributed by atoms with Crippen molar-refractivity contribution >= 4 is 33.5 Å². The topological polar surface area (TPSA) is 92.7 Å². The van der Waals surface area contributed by atoms with Crippen LogP contribution in [0.3, 0.4) is 0 Å². The molecule has 3 aromatic carbocycles. The molecule has 2 aromatic heterocycles. The molecule has 0 aliphatic carbocycles.